The molecule has 0 saturated heterocycles. The fourth-order valence-electron chi connectivity index (χ4n) is 2.71. The third-order valence-corrected chi connectivity index (χ3v) is 4.85. The molecule has 0 unspecified atom stereocenters. The van der Waals surface area contributed by atoms with Gasteiger partial charge in [-0.25, -0.2) is 27.8 Å². The summed E-state index contributed by atoms with van der Waals surface area (Å²) in [4.78, 5) is 24.8. The minimum atomic E-state index is -2.35. The first-order valence-corrected chi connectivity index (χ1v) is 8.59. The maximum absolute atomic E-state index is 14.4. The Morgan fingerprint density at radius 2 is 1.66 bits per heavy atom. The third-order valence-electron chi connectivity index (χ3n) is 3.92. The number of carbonyl (C=O) groups excluding carboxylic acids is 1. The van der Waals surface area contributed by atoms with Crippen LogP contribution in [-0.2, 0) is 0 Å². The van der Waals surface area contributed by atoms with Crippen molar-refractivity contribution < 1.29 is 31.7 Å². The lowest BCUT2D eigenvalue weighted by Gasteiger charge is -2.10. The summed E-state index contributed by atoms with van der Waals surface area (Å²) in [6.45, 7) is 0. The first kappa shape index (κ1) is 20.5. The molecule has 0 saturated carbocycles. The van der Waals surface area contributed by atoms with E-state index in [1.54, 1.807) is 5.43 Å². The number of nitro groups is 1. The monoisotopic (exact) mass is 432 g/mol. The number of thioether (sulfide) groups is 1. The Labute approximate surface area is 162 Å². The Balaban J connectivity index is 2.37. The maximum Gasteiger partial charge on any atom is 0.282 e. The predicted molar refractivity (Wildman–Crippen MR) is 92.9 cm³/mol. The fourth-order valence-corrected chi connectivity index (χ4v) is 3.33. The van der Waals surface area contributed by atoms with Crippen LogP contribution in [0, 0.1) is 39.2 Å². The molecule has 3 aromatic rings. The molecule has 1 amide bonds. The average Bonchev–Trinajstić information content (AvgIpc) is 3.07. The Kier molecular flexibility index (Phi) is 5.44. The van der Waals surface area contributed by atoms with Gasteiger partial charge in [0.25, 0.3) is 11.8 Å². The molecule has 13 heteroatoms. The van der Waals surface area contributed by atoms with Crippen LogP contribution in [0.3, 0.4) is 0 Å². The molecule has 0 aliphatic rings. The summed E-state index contributed by atoms with van der Waals surface area (Å²) in [5.41, 5.74) is -0.690. The van der Waals surface area contributed by atoms with Crippen LogP contribution in [0.5, 0.6) is 0 Å². The Morgan fingerprint density at radius 1 is 1.07 bits per heavy atom. The van der Waals surface area contributed by atoms with E-state index in [9.17, 15) is 36.9 Å². The number of nitrogen functional groups attached to an aromatic ring is 1. The summed E-state index contributed by atoms with van der Waals surface area (Å²) >= 11 is 0.754. The van der Waals surface area contributed by atoms with Crippen LogP contribution in [-0.4, -0.2) is 21.7 Å². The van der Waals surface area contributed by atoms with Gasteiger partial charge >= 0.3 is 0 Å². The number of aromatic nitrogens is 1. The first-order valence-electron chi connectivity index (χ1n) is 7.60. The number of halogens is 5. The molecule has 0 fully saturated rings. The molecule has 2 aromatic carbocycles. The molecule has 0 spiro atoms. The van der Waals surface area contributed by atoms with Crippen LogP contribution in [0.4, 0.5) is 22.0 Å². The van der Waals surface area contributed by atoms with Crippen LogP contribution in [0.25, 0.3) is 22.0 Å². The van der Waals surface area contributed by atoms with Crippen molar-refractivity contribution in [1.29, 1.82) is 0 Å². The summed E-state index contributed by atoms with van der Waals surface area (Å²) in [6, 6.07) is 3.97. The van der Waals surface area contributed by atoms with E-state index in [-0.39, 0.29) is 15.8 Å². The smallest absolute Gasteiger partial charge is 0.282 e. The average molecular weight is 432 g/mol. The van der Waals surface area contributed by atoms with Gasteiger partial charge in [-0.15, -0.1) is 0 Å². The van der Waals surface area contributed by atoms with Crippen molar-refractivity contribution in [3.05, 3.63) is 63.1 Å². The number of nitrogens with two attached hydrogens (primary N) is 1. The van der Waals surface area contributed by atoms with Crippen LogP contribution in [0.1, 0.15) is 10.5 Å². The molecular formula is C16H9F5N4O3S. The lowest BCUT2D eigenvalue weighted by atomic mass is 9.99. The van der Waals surface area contributed by atoms with Gasteiger partial charge < -0.3 is 4.98 Å². The van der Waals surface area contributed by atoms with Crippen molar-refractivity contribution in [3.8, 4) is 11.1 Å². The SMILES string of the molecule is NNC(=O)c1[nH]c2ccc(SC[N+](=O)[O-])cc2c1-c1c(F)c(F)c(F)c(F)c1F. The van der Waals surface area contributed by atoms with Gasteiger partial charge in [0.05, 0.1) is 5.56 Å². The number of nitrogens with one attached hydrogen (secondary N) is 2. The highest BCUT2D eigenvalue weighted by atomic mass is 32.2. The van der Waals surface area contributed by atoms with E-state index in [2.05, 4.69) is 4.98 Å². The molecule has 3 rings (SSSR count). The normalized spacial score (nSPS) is 11.1. The van der Waals surface area contributed by atoms with Crippen LogP contribution in [0.15, 0.2) is 23.1 Å². The Hall–Kier alpha value is -3.19. The zero-order valence-electron chi connectivity index (χ0n) is 14.0. The quantitative estimate of drug-likeness (QED) is 0.0658. The molecule has 0 atom stereocenters. The molecule has 152 valence electrons. The fraction of sp³-hybridized carbons (Fsp3) is 0.0625. The van der Waals surface area contributed by atoms with Crippen molar-refractivity contribution in [1.82, 2.24) is 10.4 Å². The number of benzene rings is 2. The number of amides is 1. The number of rotatable bonds is 5. The third kappa shape index (κ3) is 3.49. The van der Waals surface area contributed by atoms with Crippen LogP contribution in [0.2, 0.25) is 0 Å². The van der Waals surface area contributed by atoms with E-state index < -0.39 is 62.6 Å². The zero-order chi connectivity index (χ0) is 21.5. The minimum Gasteiger partial charge on any atom is -0.350 e. The number of H-pyrrole nitrogens is 1. The summed E-state index contributed by atoms with van der Waals surface area (Å²) in [6.07, 6.45) is 0. The molecule has 1 aromatic heterocycles. The van der Waals surface area contributed by atoms with Gasteiger partial charge in [0, 0.05) is 26.3 Å². The summed E-state index contributed by atoms with van der Waals surface area (Å²) in [7, 11) is 0. The number of carbonyl (C=O) groups is 1. The van der Waals surface area contributed by atoms with Crippen molar-refractivity contribution in [2.45, 2.75) is 4.90 Å². The second kappa shape index (κ2) is 7.67. The summed E-state index contributed by atoms with van der Waals surface area (Å²) in [5, 5.41) is 10.4. The van der Waals surface area contributed by atoms with Crippen LogP contribution >= 0.6 is 11.8 Å². The van der Waals surface area contributed by atoms with Gasteiger partial charge in [0.2, 0.25) is 5.82 Å². The summed E-state index contributed by atoms with van der Waals surface area (Å²) in [5.74, 6) is -7.58. The van der Waals surface area contributed by atoms with Gasteiger partial charge in [-0.2, -0.15) is 0 Å². The van der Waals surface area contributed by atoms with Gasteiger partial charge in [-0.05, 0) is 30.0 Å². The van der Waals surface area contributed by atoms with Crippen LogP contribution < -0.4 is 11.3 Å². The van der Waals surface area contributed by atoms with E-state index in [1.807, 2.05) is 0 Å². The number of nitrogens with zero attached hydrogens (tertiary/aromatic N) is 1. The number of aromatic amines is 1. The van der Waals surface area contributed by atoms with Crippen molar-refractivity contribution in [2.24, 2.45) is 5.84 Å². The summed E-state index contributed by atoms with van der Waals surface area (Å²) < 4.78 is 69.7. The molecule has 0 aliphatic heterocycles. The standard InChI is InChI=1S/C16H9F5N4O3S/c17-10-9(11(18)13(20)14(21)12(10)19)8-6-3-5(29-4-25(27)28)1-2-7(6)23-15(8)16(26)24-22/h1-3,23H,4,22H2,(H,24,26). The van der Waals surface area contributed by atoms with E-state index in [4.69, 9.17) is 5.84 Å². The van der Waals surface area contributed by atoms with Crippen molar-refractivity contribution >= 4 is 28.6 Å². The van der Waals surface area contributed by atoms with E-state index in [0.717, 1.165) is 11.8 Å². The lowest BCUT2D eigenvalue weighted by molar-refractivity contribution is -0.456. The molecule has 4 N–H and O–H groups in total. The Morgan fingerprint density at radius 3 is 2.21 bits per heavy atom. The van der Waals surface area contributed by atoms with Gasteiger partial charge in [-0.1, -0.05) is 0 Å². The van der Waals surface area contributed by atoms with Gasteiger partial charge in [0.15, 0.2) is 23.3 Å². The van der Waals surface area contributed by atoms with Gasteiger partial charge in [-0.3, -0.25) is 20.3 Å². The van der Waals surface area contributed by atoms with E-state index in [0.29, 0.717) is 0 Å². The topological polar surface area (TPSA) is 114 Å². The largest absolute Gasteiger partial charge is 0.350 e. The molecule has 7 nitrogen and oxygen atoms in total. The van der Waals surface area contributed by atoms with Gasteiger partial charge in [0.1, 0.15) is 5.69 Å². The predicted octanol–water partition coefficient (Wildman–Crippen LogP) is 3.46. The maximum atomic E-state index is 14.4. The molecule has 0 radical (unpaired) electrons. The molecule has 0 bridgehead atoms. The minimum absolute atomic E-state index is 0.0971. The number of fused-ring (bicyclic) bond motifs is 1. The highest BCUT2D eigenvalue weighted by Crippen LogP contribution is 2.39. The molecule has 29 heavy (non-hydrogen) atoms. The Bertz CT molecular complexity index is 1140. The molecule has 0 aliphatic carbocycles. The number of hydrogen-bond donors (Lipinski definition) is 3. The highest BCUT2D eigenvalue weighted by Gasteiger charge is 2.31. The van der Waals surface area contributed by atoms with E-state index >= 15 is 0 Å². The number of hydrogen-bond acceptors (Lipinski definition) is 5. The van der Waals surface area contributed by atoms with Crippen molar-refractivity contribution in [2.75, 3.05) is 5.88 Å². The number of hydrazine groups is 1. The van der Waals surface area contributed by atoms with E-state index in [1.165, 1.54) is 18.2 Å². The second-order valence-electron chi connectivity index (χ2n) is 5.61. The second-order valence-corrected chi connectivity index (χ2v) is 6.63. The first-order chi connectivity index (χ1) is 13.7. The zero-order valence-corrected chi connectivity index (χ0v) is 14.8. The molecule has 1 heterocycles. The molecular weight excluding hydrogens is 423 g/mol. The highest BCUT2D eigenvalue weighted by molar-refractivity contribution is 7.99. The van der Waals surface area contributed by atoms with Crippen molar-refractivity contribution in [3.63, 3.8) is 0 Å². The lowest BCUT2D eigenvalue weighted by Crippen LogP contribution is -2.30.